The van der Waals surface area contributed by atoms with Crippen molar-refractivity contribution in [3.05, 3.63) is 47.0 Å². The lowest BCUT2D eigenvalue weighted by Gasteiger charge is -2.30. The van der Waals surface area contributed by atoms with Gasteiger partial charge >= 0.3 is 12.0 Å². The van der Waals surface area contributed by atoms with E-state index in [1.807, 2.05) is 6.07 Å². The molecule has 0 aliphatic heterocycles. The van der Waals surface area contributed by atoms with Gasteiger partial charge in [-0.1, -0.05) is 0 Å². The molecular weight excluding hydrogens is 467 g/mol. The third-order valence-corrected chi connectivity index (χ3v) is 5.24. The van der Waals surface area contributed by atoms with E-state index in [0.717, 1.165) is 4.90 Å². The molecule has 2 rings (SSSR count). The first-order valence-corrected chi connectivity index (χ1v) is 10.5. The second kappa shape index (κ2) is 12.6. The molecule has 0 radical (unpaired) electrons. The van der Waals surface area contributed by atoms with Crippen molar-refractivity contribution in [3.8, 4) is 11.8 Å². The fourth-order valence-corrected chi connectivity index (χ4v) is 3.14. The number of aliphatic carboxylic acids is 1. The van der Waals surface area contributed by atoms with Gasteiger partial charge in [0.05, 0.1) is 55.9 Å². The van der Waals surface area contributed by atoms with Crippen molar-refractivity contribution >= 4 is 30.3 Å². The van der Waals surface area contributed by atoms with Gasteiger partial charge in [-0.05, 0) is 32.0 Å². The van der Waals surface area contributed by atoms with Crippen LogP contribution in [0.1, 0.15) is 31.9 Å². The molecule has 0 aliphatic carbocycles. The number of carboxylic acids is 1. The first kappa shape index (κ1) is 26.6. The smallest absolute Gasteiger partial charge is 0.325 e. The van der Waals surface area contributed by atoms with Crippen LogP contribution < -0.4 is 10.1 Å². The standard InChI is InChI=1S/C21H25FN6O5S/c1-13(20(29)30)26-21(31)27(19(34)14(2)28-24-8-9-25-28)12-18(33-10-4-7-23)16-11-15(22)5-6-17(16)32-3/h5-6,8-9,11,13,18,34H,4,10,12H2,1-3H3,(H,26,31)(H,29,30)/b19-14-/t13?,18-/m0/s1. The number of methoxy groups -OCH3 is 1. The van der Waals surface area contributed by atoms with Gasteiger partial charge in [-0.15, -0.1) is 12.6 Å². The quantitative estimate of drug-likeness (QED) is 0.321. The van der Waals surface area contributed by atoms with Gasteiger partial charge in [0.25, 0.3) is 0 Å². The fraction of sp³-hybridized carbons (Fsp3) is 0.381. The number of halogens is 1. The van der Waals surface area contributed by atoms with Crippen LogP contribution in [-0.2, 0) is 9.53 Å². The van der Waals surface area contributed by atoms with E-state index in [1.165, 1.54) is 49.4 Å². The number of urea groups is 1. The number of aromatic nitrogens is 3. The summed E-state index contributed by atoms with van der Waals surface area (Å²) in [6.45, 7) is 2.68. The van der Waals surface area contributed by atoms with Crippen LogP contribution in [0.15, 0.2) is 35.6 Å². The van der Waals surface area contributed by atoms with Gasteiger partial charge in [0, 0.05) is 5.56 Å². The molecule has 1 aromatic heterocycles. The molecule has 0 fully saturated rings. The van der Waals surface area contributed by atoms with Crippen LogP contribution in [-0.4, -0.2) is 63.3 Å². The summed E-state index contributed by atoms with van der Waals surface area (Å²) in [6, 6.07) is 3.79. The number of thiol groups is 1. The number of carbonyl (C=O) groups excluding carboxylic acids is 1. The summed E-state index contributed by atoms with van der Waals surface area (Å²) in [5.41, 5.74) is 0.647. The van der Waals surface area contributed by atoms with Crippen LogP contribution in [0.5, 0.6) is 5.75 Å². The first-order chi connectivity index (χ1) is 16.2. The molecule has 2 atom stereocenters. The van der Waals surface area contributed by atoms with Crippen LogP contribution >= 0.6 is 12.6 Å². The van der Waals surface area contributed by atoms with Gasteiger partial charge in [0.15, 0.2) is 0 Å². The third kappa shape index (κ3) is 6.93. The van der Waals surface area contributed by atoms with E-state index in [1.54, 1.807) is 6.92 Å². The summed E-state index contributed by atoms with van der Waals surface area (Å²) in [4.78, 5) is 26.7. The first-order valence-electron chi connectivity index (χ1n) is 10.1. The Labute approximate surface area is 201 Å². The summed E-state index contributed by atoms with van der Waals surface area (Å²) in [7, 11) is 1.40. The molecule has 2 aromatic rings. The van der Waals surface area contributed by atoms with Gasteiger partial charge in [0.2, 0.25) is 0 Å². The minimum absolute atomic E-state index is 0.00681. The maximum atomic E-state index is 14.1. The maximum absolute atomic E-state index is 14.1. The van der Waals surface area contributed by atoms with Gasteiger partial charge in [-0.3, -0.25) is 9.69 Å². The largest absolute Gasteiger partial charge is 0.496 e. The molecular formula is C21H25FN6O5S. The van der Waals surface area contributed by atoms with Crippen LogP contribution in [0.25, 0.3) is 5.70 Å². The van der Waals surface area contributed by atoms with Crippen LogP contribution in [0.2, 0.25) is 0 Å². The van der Waals surface area contributed by atoms with E-state index in [2.05, 4.69) is 28.1 Å². The summed E-state index contributed by atoms with van der Waals surface area (Å²) in [6.07, 6.45) is 1.97. The molecule has 34 heavy (non-hydrogen) atoms. The minimum Gasteiger partial charge on any atom is -0.496 e. The molecule has 182 valence electrons. The highest BCUT2D eigenvalue weighted by molar-refractivity contribution is 7.84. The number of carboxylic acid groups (broad SMARTS) is 1. The summed E-state index contributed by atoms with van der Waals surface area (Å²) in [5.74, 6) is -1.49. The van der Waals surface area contributed by atoms with Gasteiger partial charge < -0.3 is 19.9 Å². The van der Waals surface area contributed by atoms with E-state index < -0.39 is 30.0 Å². The van der Waals surface area contributed by atoms with Crippen molar-refractivity contribution in [3.63, 3.8) is 0 Å². The monoisotopic (exact) mass is 492 g/mol. The number of hydrogen-bond donors (Lipinski definition) is 3. The SMILES string of the molecule is COc1ccc(F)cc1[C@H](CN(C(=O)NC(C)C(=O)O)/C(S)=C(\C)n1nccn1)OCCC#N. The number of nitrogens with one attached hydrogen (secondary N) is 1. The predicted octanol–water partition coefficient (Wildman–Crippen LogP) is 2.66. The van der Waals surface area contributed by atoms with Crippen molar-refractivity contribution in [2.75, 3.05) is 20.3 Å². The lowest BCUT2D eigenvalue weighted by atomic mass is 10.1. The minimum atomic E-state index is -1.24. The molecule has 2 N–H and O–H groups in total. The Morgan fingerprint density at radius 2 is 2.06 bits per heavy atom. The second-order valence-electron chi connectivity index (χ2n) is 7.00. The zero-order valence-corrected chi connectivity index (χ0v) is 19.7. The maximum Gasteiger partial charge on any atom is 0.325 e. The van der Waals surface area contributed by atoms with Crippen LogP contribution in [0.4, 0.5) is 9.18 Å². The van der Waals surface area contributed by atoms with E-state index in [-0.39, 0.29) is 24.6 Å². The highest BCUT2D eigenvalue weighted by Crippen LogP contribution is 2.31. The highest BCUT2D eigenvalue weighted by atomic mass is 32.1. The van der Waals surface area contributed by atoms with Gasteiger partial charge in [0.1, 0.15) is 23.7 Å². The summed E-state index contributed by atoms with van der Waals surface area (Å²) in [5, 5.41) is 28.6. The molecule has 0 spiro atoms. The normalized spacial score (nSPS) is 13.3. The van der Waals surface area contributed by atoms with Crippen molar-refractivity contribution in [2.45, 2.75) is 32.4 Å². The van der Waals surface area contributed by atoms with Crippen molar-refractivity contribution in [2.24, 2.45) is 0 Å². The Hall–Kier alpha value is -3.63. The Morgan fingerprint density at radius 1 is 1.38 bits per heavy atom. The summed E-state index contributed by atoms with van der Waals surface area (Å²) < 4.78 is 25.2. The van der Waals surface area contributed by atoms with Crippen molar-refractivity contribution in [1.82, 2.24) is 25.2 Å². The number of rotatable bonds is 11. The van der Waals surface area contributed by atoms with E-state index in [0.29, 0.717) is 17.0 Å². The molecule has 1 aromatic carbocycles. The lowest BCUT2D eigenvalue weighted by Crippen LogP contribution is -2.47. The Balaban J connectivity index is 2.52. The van der Waals surface area contributed by atoms with Gasteiger partial charge in [-0.2, -0.15) is 20.3 Å². The van der Waals surface area contributed by atoms with Crippen molar-refractivity contribution in [1.29, 1.82) is 5.26 Å². The number of benzene rings is 1. The number of amides is 2. The van der Waals surface area contributed by atoms with Gasteiger partial charge in [-0.25, -0.2) is 9.18 Å². The molecule has 1 unspecified atom stereocenters. The molecule has 0 bridgehead atoms. The van der Waals surface area contributed by atoms with Crippen LogP contribution in [0, 0.1) is 17.1 Å². The molecule has 11 nitrogen and oxygen atoms in total. The molecule has 13 heteroatoms. The Morgan fingerprint density at radius 3 is 2.65 bits per heavy atom. The highest BCUT2D eigenvalue weighted by Gasteiger charge is 2.28. The Bertz CT molecular complexity index is 1070. The lowest BCUT2D eigenvalue weighted by molar-refractivity contribution is -0.138. The average molecular weight is 493 g/mol. The predicted molar refractivity (Wildman–Crippen MR) is 122 cm³/mol. The molecule has 0 saturated heterocycles. The number of allylic oxidation sites excluding steroid dienone is 1. The number of nitrogens with zero attached hydrogens (tertiary/aromatic N) is 5. The second-order valence-corrected chi connectivity index (χ2v) is 7.42. The van der Waals surface area contributed by atoms with Crippen molar-refractivity contribution < 1.29 is 28.6 Å². The van der Waals surface area contributed by atoms with E-state index in [4.69, 9.17) is 14.7 Å². The fourth-order valence-electron chi connectivity index (χ4n) is 2.87. The topological polar surface area (TPSA) is 143 Å². The van der Waals surface area contributed by atoms with E-state index in [9.17, 15) is 19.1 Å². The summed E-state index contributed by atoms with van der Waals surface area (Å²) >= 11 is 4.47. The number of carbonyl (C=O) groups is 2. The Kier molecular flexibility index (Phi) is 9.84. The third-order valence-electron chi connectivity index (χ3n) is 4.67. The molecule has 2 amide bonds. The zero-order chi connectivity index (χ0) is 25.3. The average Bonchev–Trinajstić information content (AvgIpc) is 3.35. The molecule has 0 saturated carbocycles. The van der Waals surface area contributed by atoms with E-state index >= 15 is 0 Å². The molecule has 0 aliphatic rings. The number of nitriles is 1. The zero-order valence-electron chi connectivity index (χ0n) is 18.8. The number of hydrogen-bond acceptors (Lipinski definition) is 8. The van der Waals surface area contributed by atoms with Crippen LogP contribution in [0.3, 0.4) is 0 Å². The molecule has 1 heterocycles. The number of ether oxygens (including phenoxy) is 2.